The van der Waals surface area contributed by atoms with Crippen LogP contribution in [0.25, 0.3) is 0 Å². The van der Waals surface area contributed by atoms with Crippen LogP contribution in [0.15, 0.2) is 23.4 Å². The van der Waals surface area contributed by atoms with Gasteiger partial charge in [-0.3, -0.25) is 0 Å². The van der Waals surface area contributed by atoms with E-state index in [0.717, 1.165) is 0 Å². The molecule has 2 rings (SSSR count). The Morgan fingerprint density at radius 3 is 2.36 bits per heavy atom. The number of likely N-dealkylation sites (tertiary alicyclic amines) is 1. The van der Waals surface area contributed by atoms with E-state index in [1.807, 2.05) is 0 Å². The molecule has 0 unspecified atom stereocenters. The summed E-state index contributed by atoms with van der Waals surface area (Å²) in [5, 5.41) is 0. The molecule has 0 radical (unpaired) electrons. The Hall–Kier alpha value is -0.720. The zero-order chi connectivity index (χ0) is 9.80. The largest absolute Gasteiger partial charge is 0.378 e. The van der Waals surface area contributed by atoms with Gasteiger partial charge in [-0.05, 0) is 44.9 Å². The maximum Gasteiger partial charge on any atom is 0.0171 e. The van der Waals surface area contributed by atoms with Crippen molar-refractivity contribution in [2.24, 2.45) is 0 Å². The number of piperidine rings is 1. The maximum atomic E-state index is 2.49. The lowest BCUT2D eigenvalue weighted by molar-refractivity contribution is 0.337. The van der Waals surface area contributed by atoms with Crippen molar-refractivity contribution in [1.29, 1.82) is 0 Å². The zero-order valence-electron chi connectivity index (χ0n) is 9.26. The molecule has 78 valence electrons. The van der Waals surface area contributed by atoms with Gasteiger partial charge in [0.2, 0.25) is 0 Å². The van der Waals surface area contributed by atoms with Crippen molar-refractivity contribution < 1.29 is 0 Å². The summed E-state index contributed by atoms with van der Waals surface area (Å²) in [6, 6.07) is 0. The summed E-state index contributed by atoms with van der Waals surface area (Å²) in [5.74, 6) is 0. The number of rotatable bonds is 0. The quantitative estimate of drug-likeness (QED) is 0.530. The Kier molecular flexibility index (Phi) is 3.28. The van der Waals surface area contributed by atoms with E-state index in [0.29, 0.717) is 0 Å². The molecule has 1 fully saturated rings. The van der Waals surface area contributed by atoms with Gasteiger partial charge in [0.05, 0.1) is 0 Å². The summed E-state index contributed by atoms with van der Waals surface area (Å²) in [7, 11) is 2.26. The lowest BCUT2D eigenvalue weighted by Crippen LogP contribution is -2.24. The van der Waals surface area contributed by atoms with E-state index >= 15 is 0 Å². The summed E-state index contributed by atoms with van der Waals surface area (Å²) in [5.41, 5.74) is 3.40. The smallest absolute Gasteiger partial charge is 0.0171 e. The molecule has 14 heavy (non-hydrogen) atoms. The van der Waals surface area contributed by atoms with Crippen LogP contribution in [-0.4, -0.2) is 18.5 Å². The Morgan fingerprint density at radius 1 is 1.00 bits per heavy atom. The van der Waals surface area contributed by atoms with E-state index < -0.39 is 0 Å². The minimum atomic E-state index is 1.26. The molecule has 1 heteroatoms. The first-order valence-corrected chi connectivity index (χ1v) is 5.95. The van der Waals surface area contributed by atoms with Crippen LogP contribution in [0.2, 0.25) is 0 Å². The molecule has 0 aromatic rings. The minimum absolute atomic E-state index is 1.26. The van der Waals surface area contributed by atoms with Crippen molar-refractivity contribution in [1.82, 2.24) is 4.90 Å². The molecule has 0 atom stereocenters. The molecular formula is C13H21N. The Bertz CT molecular complexity index is 238. The first-order chi connectivity index (χ1) is 6.88. The fourth-order valence-corrected chi connectivity index (χ4v) is 2.58. The number of hydrogen-bond acceptors (Lipinski definition) is 1. The van der Waals surface area contributed by atoms with E-state index in [2.05, 4.69) is 24.1 Å². The number of allylic oxidation sites excluding steroid dienone is 4. The summed E-state index contributed by atoms with van der Waals surface area (Å²) in [6.07, 6.45) is 13.9. The highest BCUT2D eigenvalue weighted by Crippen LogP contribution is 2.28. The van der Waals surface area contributed by atoms with Crippen molar-refractivity contribution in [2.75, 3.05) is 13.6 Å². The predicted octanol–water partition coefficient (Wildman–Crippen LogP) is 3.49. The third-order valence-electron chi connectivity index (χ3n) is 3.42. The van der Waals surface area contributed by atoms with Gasteiger partial charge in [0.1, 0.15) is 0 Å². The average Bonchev–Trinajstić information content (AvgIpc) is 2.47. The normalized spacial score (nSPS) is 23.9. The summed E-state index contributed by atoms with van der Waals surface area (Å²) in [6.45, 7) is 1.27. The van der Waals surface area contributed by atoms with Crippen LogP contribution in [0.4, 0.5) is 0 Å². The van der Waals surface area contributed by atoms with Gasteiger partial charge in [0.15, 0.2) is 0 Å². The highest BCUT2D eigenvalue weighted by molar-refractivity contribution is 5.17. The monoisotopic (exact) mass is 191 g/mol. The van der Waals surface area contributed by atoms with Gasteiger partial charge in [0.25, 0.3) is 0 Å². The topological polar surface area (TPSA) is 3.24 Å². The highest BCUT2D eigenvalue weighted by Gasteiger charge is 2.15. The van der Waals surface area contributed by atoms with Crippen LogP contribution < -0.4 is 0 Å². The SMILES string of the molecule is CN1CCCCC1=C1CCC=CCC1. The second-order valence-corrected chi connectivity index (χ2v) is 4.48. The Labute approximate surface area is 87.5 Å². The first kappa shape index (κ1) is 9.82. The third kappa shape index (κ3) is 2.20. The van der Waals surface area contributed by atoms with Crippen LogP contribution >= 0.6 is 0 Å². The van der Waals surface area contributed by atoms with E-state index in [1.54, 1.807) is 11.3 Å². The van der Waals surface area contributed by atoms with Crippen molar-refractivity contribution in [2.45, 2.75) is 44.9 Å². The molecule has 0 aromatic carbocycles. The van der Waals surface area contributed by atoms with Gasteiger partial charge < -0.3 is 4.90 Å². The zero-order valence-corrected chi connectivity index (χ0v) is 9.26. The van der Waals surface area contributed by atoms with Crippen LogP contribution in [0, 0.1) is 0 Å². The molecule has 1 nitrogen and oxygen atoms in total. The molecule has 0 bridgehead atoms. The van der Waals surface area contributed by atoms with E-state index in [-0.39, 0.29) is 0 Å². The van der Waals surface area contributed by atoms with Crippen molar-refractivity contribution in [3.05, 3.63) is 23.4 Å². The van der Waals surface area contributed by atoms with Crippen molar-refractivity contribution in [3.63, 3.8) is 0 Å². The lowest BCUT2D eigenvalue weighted by atomic mass is 9.98. The molecule has 0 amide bonds. The van der Waals surface area contributed by atoms with Crippen LogP contribution in [0.1, 0.15) is 44.9 Å². The van der Waals surface area contributed by atoms with Gasteiger partial charge in [-0.2, -0.15) is 0 Å². The van der Waals surface area contributed by atoms with Crippen molar-refractivity contribution >= 4 is 0 Å². The molecular weight excluding hydrogens is 170 g/mol. The Balaban J connectivity index is 2.11. The summed E-state index contributed by atoms with van der Waals surface area (Å²) >= 11 is 0. The van der Waals surface area contributed by atoms with Gasteiger partial charge >= 0.3 is 0 Å². The molecule has 1 heterocycles. The van der Waals surface area contributed by atoms with Crippen molar-refractivity contribution in [3.8, 4) is 0 Å². The lowest BCUT2D eigenvalue weighted by Gasteiger charge is -2.30. The molecule has 1 aliphatic heterocycles. The van der Waals surface area contributed by atoms with Gasteiger partial charge in [-0.15, -0.1) is 0 Å². The fourth-order valence-electron chi connectivity index (χ4n) is 2.58. The minimum Gasteiger partial charge on any atom is -0.378 e. The maximum absolute atomic E-state index is 2.49. The predicted molar refractivity (Wildman–Crippen MR) is 61.1 cm³/mol. The molecule has 0 aromatic heterocycles. The summed E-state index contributed by atoms with van der Waals surface area (Å²) in [4.78, 5) is 2.49. The van der Waals surface area contributed by atoms with E-state index in [4.69, 9.17) is 0 Å². The molecule has 0 N–H and O–H groups in total. The van der Waals surface area contributed by atoms with E-state index in [9.17, 15) is 0 Å². The Morgan fingerprint density at radius 2 is 1.71 bits per heavy atom. The van der Waals surface area contributed by atoms with Gasteiger partial charge in [0, 0.05) is 19.3 Å². The van der Waals surface area contributed by atoms with Crippen LogP contribution in [0.5, 0.6) is 0 Å². The standard InChI is InChI=1S/C13H21N/c1-14-11-7-6-10-13(14)12-8-4-2-3-5-9-12/h2-3H,4-11H2,1H3. The van der Waals surface area contributed by atoms with Crippen LogP contribution in [-0.2, 0) is 0 Å². The first-order valence-electron chi connectivity index (χ1n) is 5.95. The average molecular weight is 191 g/mol. The van der Waals surface area contributed by atoms with Crippen LogP contribution in [0.3, 0.4) is 0 Å². The molecule has 0 spiro atoms. The third-order valence-corrected chi connectivity index (χ3v) is 3.42. The highest BCUT2D eigenvalue weighted by atomic mass is 15.1. The second kappa shape index (κ2) is 4.68. The van der Waals surface area contributed by atoms with Gasteiger partial charge in [-0.1, -0.05) is 17.7 Å². The second-order valence-electron chi connectivity index (χ2n) is 4.48. The fraction of sp³-hybridized carbons (Fsp3) is 0.692. The number of hydrogen-bond donors (Lipinski definition) is 0. The molecule has 2 aliphatic rings. The molecule has 0 saturated carbocycles. The van der Waals surface area contributed by atoms with E-state index in [1.165, 1.54) is 51.5 Å². The molecule has 1 saturated heterocycles. The summed E-state index contributed by atoms with van der Waals surface area (Å²) < 4.78 is 0. The van der Waals surface area contributed by atoms with Gasteiger partial charge in [-0.25, -0.2) is 0 Å². The number of nitrogens with zero attached hydrogens (tertiary/aromatic N) is 1. The molecule has 1 aliphatic carbocycles.